The van der Waals surface area contributed by atoms with Crippen LogP contribution in [0.15, 0.2) is 54.6 Å². The fourth-order valence-electron chi connectivity index (χ4n) is 2.52. The first-order chi connectivity index (χ1) is 13.6. The Kier molecular flexibility index (Phi) is 7.87. The van der Waals surface area contributed by atoms with E-state index in [1.165, 1.54) is 0 Å². The van der Waals surface area contributed by atoms with Crippen LogP contribution < -0.4 is 9.74 Å². The summed E-state index contributed by atoms with van der Waals surface area (Å²) in [5.74, 6) is 0.858. The minimum atomic E-state index is -1.87. The van der Waals surface area contributed by atoms with E-state index in [-0.39, 0.29) is 18.3 Å². The van der Waals surface area contributed by atoms with Crippen LogP contribution in [-0.2, 0) is 17.8 Å². The summed E-state index contributed by atoms with van der Waals surface area (Å²) < 4.78 is 11.5. The normalized spacial score (nSPS) is 12.9. The van der Waals surface area contributed by atoms with Crippen LogP contribution in [0.5, 0.6) is 5.75 Å². The Labute approximate surface area is 175 Å². The van der Waals surface area contributed by atoms with Crippen molar-refractivity contribution in [3.8, 4) is 5.75 Å². The summed E-state index contributed by atoms with van der Waals surface area (Å²) in [5.41, 5.74) is 1.93. The zero-order valence-electron chi connectivity index (χ0n) is 18.1. The average molecular weight is 416 g/mol. The van der Waals surface area contributed by atoms with E-state index in [0.29, 0.717) is 6.42 Å². The number of aliphatic hydroxyl groups is 1. The molecule has 5 nitrogen and oxygen atoms in total. The lowest BCUT2D eigenvalue weighted by Crippen LogP contribution is -2.43. The third-order valence-corrected chi connectivity index (χ3v) is 9.70. The van der Waals surface area contributed by atoms with Crippen molar-refractivity contribution < 1.29 is 19.1 Å². The van der Waals surface area contributed by atoms with Gasteiger partial charge in [0.15, 0.2) is 0 Å². The van der Waals surface area contributed by atoms with Crippen LogP contribution in [-0.4, -0.2) is 32.2 Å². The number of alkyl carbamates (subject to hydrolysis) is 1. The van der Waals surface area contributed by atoms with Crippen LogP contribution in [0.2, 0.25) is 18.1 Å². The molecule has 0 bridgehead atoms. The van der Waals surface area contributed by atoms with Crippen molar-refractivity contribution in [1.82, 2.24) is 5.32 Å². The van der Waals surface area contributed by atoms with E-state index < -0.39 is 20.5 Å². The fraction of sp³-hybridized carbons (Fsp3) is 0.435. The summed E-state index contributed by atoms with van der Waals surface area (Å²) in [6, 6.07) is 16.9. The fourth-order valence-corrected chi connectivity index (χ4v) is 3.55. The predicted molar refractivity (Wildman–Crippen MR) is 119 cm³/mol. The topological polar surface area (TPSA) is 67.8 Å². The largest absolute Gasteiger partial charge is 0.544 e. The number of aliphatic hydroxyl groups excluding tert-OH is 1. The van der Waals surface area contributed by atoms with Crippen molar-refractivity contribution in [3.05, 3.63) is 65.7 Å². The van der Waals surface area contributed by atoms with Crippen LogP contribution in [0.3, 0.4) is 0 Å². The molecule has 0 saturated heterocycles. The van der Waals surface area contributed by atoms with Crippen LogP contribution in [0, 0.1) is 0 Å². The summed E-state index contributed by atoms with van der Waals surface area (Å²) >= 11 is 0. The van der Waals surface area contributed by atoms with Gasteiger partial charge in [0.2, 0.25) is 8.32 Å². The smallest absolute Gasteiger partial charge is 0.407 e. The number of hydrogen-bond acceptors (Lipinski definition) is 4. The van der Waals surface area contributed by atoms with Gasteiger partial charge in [-0.1, -0.05) is 63.2 Å². The standard InChI is InChI=1S/C23H33NO4Si/c1-23(2,3)29(4,5)28-21-13-11-18(12-14-21)15-20(16-25)24-22(26)27-17-19-9-7-6-8-10-19/h6-14,20,25H,15-17H2,1-5H3,(H,24,26)/t20-/m0/s1. The molecule has 2 N–H and O–H groups in total. The molecule has 0 aliphatic rings. The van der Waals surface area contributed by atoms with Gasteiger partial charge in [0, 0.05) is 0 Å². The minimum absolute atomic E-state index is 0.137. The molecule has 0 unspecified atom stereocenters. The van der Waals surface area contributed by atoms with E-state index in [0.717, 1.165) is 16.9 Å². The highest BCUT2D eigenvalue weighted by atomic mass is 28.4. The zero-order valence-corrected chi connectivity index (χ0v) is 19.1. The highest BCUT2D eigenvalue weighted by molar-refractivity contribution is 6.74. The number of nitrogens with one attached hydrogen (secondary N) is 1. The van der Waals surface area contributed by atoms with E-state index in [1.807, 2.05) is 54.6 Å². The molecule has 1 amide bonds. The van der Waals surface area contributed by atoms with Gasteiger partial charge in [-0.15, -0.1) is 0 Å². The quantitative estimate of drug-likeness (QED) is 0.602. The molecule has 2 aromatic rings. The molecule has 2 aromatic carbocycles. The van der Waals surface area contributed by atoms with Crippen LogP contribution in [0.4, 0.5) is 4.79 Å². The molecule has 0 spiro atoms. The van der Waals surface area contributed by atoms with Crippen molar-refractivity contribution in [2.75, 3.05) is 6.61 Å². The van der Waals surface area contributed by atoms with Gasteiger partial charge in [0.1, 0.15) is 12.4 Å². The predicted octanol–water partition coefficient (Wildman–Crippen LogP) is 4.90. The molecule has 0 fully saturated rings. The Balaban J connectivity index is 1.87. The zero-order chi connectivity index (χ0) is 21.5. The summed E-state index contributed by atoms with van der Waals surface area (Å²) in [6.45, 7) is 11.1. The molecule has 2 rings (SSSR count). The molecule has 0 heterocycles. The minimum Gasteiger partial charge on any atom is -0.544 e. The molecular formula is C23H33NO4Si. The number of amides is 1. The van der Waals surface area contributed by atoms with Gasteiger partial charge >= 0.3 is 6.09 Å². The Morgan fingerprint density at radius 1 is 1.03 bits per heavy atom. The molecule has 6 heteroatoms. The van der Waals surface area contributed by atoms with Gasteiger partial charge in [-0.05, 0) is 47.8 Å². The average Bonchev–Trinajstić information content (AvgIpc) is 2.67. The van der Waals surface area contributed by atoms with Gasteiger partial charge in [-0.2, -0.15) is 0 Å². The van der Waals surface area contributed by atoms with E-state index in [9.17, 15) is 9.90 Å². The lowest BCUT2D eigenvalue weighted by atomic mass is 10.1. The van der Waals surface area contributed by atoms with Crippen molar-refractivity contribution in [1.29, 1.82) is 0 Å². The maximum absolute atomic E-state index is 12.0. The van der Waals surface area contributed by atoms with Gasteiger partial charge < -0.3 is 19.6 Å². The molecule has 29 heavy (non-hydrogen) atoms. The SMILES string of the molecule is CC(C)(C)[Si](C)(C)Oc1ccc(C[C@@H](CO)NC(=O)OCc2ccccc2)cc1. The lowest BCUT2D eigenvalue weighted by molar-refractivity contribution is 0.129. The highest BCUT2D eigenvalue weighted by Gasteiger charge is 2.38. The molecule has 0 aliphatic heterocycles. The van der Waals surface area contributed by atoms with E-state index in [2.05, 4.69) is 39.2 Å². The van der Waals surface area contributed by atoms with E-state index in [1.54, 1.807) is 0 Å². The lowest BCUT2D eigenvalue weighted by Gasteiger charge is -2.36. The second-order valence-corrected chi connectivity index (χ2v) is 13.5. The van der Waals surface area contributed by atoms with Crippen molar-refractivity contribution >= 4 is 14.4 Å². The summed E-state index contributed by atoms with van der Waals surface area (Å²) in [7, 11) is -1.87. The maximum atomic E-state index is 12.0. The molecule has 158 valence electrons. The molecule has 1 atom stereocenters. The Morgan fingerprint density at radius 2 is 1.66 bits per heavy atom. The van der Waals surface area contributed by atoms with E-state index >= 15 is 0 Å². The first kappa shape index (κ1) is 23.0. The third kappa shape index (κ3) is 7.22. The van der Waals surface area contributed by atoms with Crippen molar-refractivity contribution in [2.45, 2.75) is 58.0 Å². The number of rotatable bonds is 8. The number of carbonyl (C=O) groups is 1. The Bertz CT molecular complexity index is 770. The number of hydrogen-bond donors (Lipinski definition) is 2. The second-order valence-electron chi connectivity index (χ2n) is 8.80. The monoisotopic (exact) mass is 415 g/mol. The number of benzene rings is 2. The highest BCUT2D eigenvalue weighted by Crippen LogP contribution is 2.37. The third-order valence-electron chi connectivity index (χ3n) is 5.34. The van der Waals surface area contributed by atoms with Crippen molar-refractivity contribution in [2.24, 2.45) is 0 Å². The second kappa shape index (κ2) is 9.94. The van der Waals surface area contributed by atoms with Crippen LogP contribution >= 0.6 is 0 Å². The number of carbonyl (C=O) groups excluding carboxylic acids is 1. The first-order valence-corrected chi connectivity index (χ1v) is 12.9. The summed E-state index contributed by atoms with van der Waals surface area (Å²) in [4.78, 5) is 12.0. The summed E-state index contributed by atoms with van der Waals surface area (Å²) in [6.07, 6.45) is -0.0251. The van der Waals surface area contributed by atoms with Crippen molar-refractivity contribution in [3.63, 3.8) is 0 Å². The molecule has 0 radical (unpaired) electrons. The maximum Gasteiger partial charge on any atom is 0.407 e. The first-order valence-electron chi connectivity index (χ1n) is 9.97. The van der Waals surface area contributed by atoms with Gasteiger partial charge in [-0.25, -0.2) is 4.79 Å². The van der Waals surface area contributed by atoms with E-state index in [4.69, 9.17) is 9.16 Å². The van der Waals surface area contributed by atoms with Gasteiger partial charge in [0.05, 0.1) is 12.6 Å². The molecular weight excluding hydrogens is 382 g/mol. The number of ether oxygens (including phenoxy) is 1. The van der Waals surface area contributed by atoms with Gasteiger partial charge in [0.25, 0.3) is 0 Å². The summed E-state index contributed by atoms with van der Waals surface area (Å²) in [5, 5.41) is 12.5. The van der Waals surface area contributed by atoms with Crippen LogP contribution in [0.1, 0.15) is 31.9 Å². The molecule has 0 saturated carbocycles. The van der Waals surface area contributed by atoms with Gasteiger partial charge in [-0.3, -0.25) is 0 Å². The Morgan fingerprint density at radius 3 is 2.21 bits per heavy atom. The Hall–Kier alpha value is -2.31. The van der Waals surface area contributed by atoms with Crippen LogP contribution in [0.25, 0.3) is 0 Å². The molecule has 0 aromatic heterocycles. The molecule has 0 aliphatic carbocycles.